The molecule has 11 heteroatoms. The van der Waals surface area contributed by atoms with Gasteiger partial charge in [0.1, 0.15) is 10.9 Å². The number of aromatic nitrogens is 1. The van der Waals surface area contributed by atoms with E-state index in [1.165, 1.54) is 13.2 Å². The molecule has 1 N–H and O–H groups in total. The number of amides is 2. The van der Waals surface area contributed by atoms with E-state index in [4.69, 9.17) is 4.74 Å². The molecule has 0 saturated carbocycles. The Morgan fingerprint density at radius 2 is 1.97 bits per heavy atom. The molecule has 2 aromatic rings. The summed E-state index contributed by atoms with van der Waals surface area (Å²) in [5, 5.41) is 8.14. The lowest BCUT2D eigenvalue weighted by molar-refractivity contribution is -0.139. The SMILES string of the molecule is COc1cc(CNC(=O)C2=NN3C(=O)C(Cc4ccc(F)c(F)c4)C(=O)C(C)=C3S2)ccn1. The third-order valence-electron chi connectivity index (χ3n) is 5.17. The first kappa shape index (κ1) is 22.6. The molecule has 0 bridgehead atoms. The van der Waals surface area contributed by atoms with Crippen molar-refractivity contribution in [2.45, 2.75) is 19.9 Å². The van der Waals surface area contributed by atoms with Crippen LogP contribution in [0.15, 0.2) is 52.2 Å². The Labute approximate surface area is 191 Å². The molecule has 1 atom stereocenters. The van der Waals surface area contributed by atoms with Crippen LogP contribution in [0.25, 0.3) is 0 Å². The van der Waals surface area contributed by atoms with Gasteiger partial charge in [-0.3, -0.25) is 14.4 Å². The van der Waals surface area contributed by atoms with Crippen molar-refractivity contribution in [2.75, 3.05) is 7.11 Å². The molecule has 3 heterocycles. The summed E-state index contributed by atoms with van der Waals surface area (Å²) in [5.74, 6) is -4.39. The van der Waals surface area contributed by atoms with Crippen LogP contribution in [0, 0.1) is 17.6 Å². The number of benzene rings is 1. The van der Waals surface area contributed by atoms with Crippen LogP contribution in [0.1, 0.15) is 18.1 Å². The zero-order valence-corrected chi connectivity index (χ0v) is 18.4. The fourth-order valence-electron chi connectivity index (χ4n) is 3.41. The number of hydrazone groups is 1. The molecule has 0 spiro atoms. The Bertz CT molecular complexity index is 1230. The van der Waals surface area contributed by atoms with Gasteiger partial charge in [0, 0.05) is 24.4 Å². The van der Waals surface area contributed by atoms with Crippen LogP contribution in [0.3, 0.4) is 0 Å². The Morgan fingerprint density at radius 3 is 2.70 bits per heavy atom. The highest BCUT2D eigenvalue weighted by atomic mass is 32.2. The largest absolute Gasteiger partial charge is 0.481 e. The summed E-state index contributed by atoms with van der Waals surface area (Å²) in [6.07, 6.45) is 1.44. The van der Waals surface area contributed by atoms with Gasteiger partial charge in [0.25, 0.3) is 11.8 Å². The van der Waals surface area contributed by atoms with Crippen LogP contribution in [0.5, 0.6) is 5.88 Å². The number of rotatable bonds is 6. The van der Waals surface area contributed by atoms with Crippen molar-refractivity contribution in [1.82, 2.24) is 15.3 Å². The molecule has 0 saturated heterocycles. The first-order valence-electron chi connectivity index (χ1n) is 9.85. The molecule has 2 aliphatic rings. The molecular weight excluding hydrogens is 454 g/mol. The fraction of sp³-hybridized carbons (Fsp3) is 0.227. The first-order valence-corrected chi connectivity index (χ1v) is 10.7. The molecule has 33 heavy (non-hydrogen) atoms. The second kappa shape index (κ2) is 9.10. The summed E-state index contributed by atoms with van der Waals surface area (Å²) in [6, 6.07) is 6.61. The summed E-state index contributed by atoms with van der Waals surface area (Å²) in [5.41, 5.74) is 1.33. The van der Waals surface area contributed by atoms with Gasteiger partial charge in [-0.2, -0.15) is 10.1 Å². The summed E-state index contributed by atoms with van der Waals surface area (Å²) in [7, 11) is 1.49. The van der Waals surface area contributed by atoms with Gasteiger partial charge in [-0.15, -0.1) is 0 Å². The number of ketones is 1. The summed E-state index contributed by atoms with van der Waals surface area (Å²) in [4.78, 5) is 42.4. The highest BCUT2D eigenvalue weighted by Gasteiger charge is 2.44. The number of thioether (sulfide) groups is 1. The van der Waals surface area contributed by atoms with E-state index in [1.807, 2.05) is 0 Å². The van der Waals surface area contributed by atoms with Crippen molar-refractivity contribution in [3.05, 3.63) is 69.9 Å². The van der Waals surface area contributed by atoms with Gasteiger partial charge in [0.15, 0.2) is 22.5 Å². The number of Topliss-reactive ketones (excluding diaryl/α,β-unsaturated/α-hetero) is 1. The lowest BCUT2D eigenvalue weighted by Gasteiger charge is -2.27. The number of hydrogen-bond acceptors (Lipinski definition) is 7. The van der Waals surface area contributed by atoms with Crippen molar-refractivity contribution in [2.24, 2.45) is 11.0 Å². The zero-order chi connectivity index (χ0) is 23.7. The lowest BCUT2D eigenvalue weighted by Crippen LogP contribution is -2.41. The van der Waals surface area contributed by atoms with Crippen LogP contribution in [0.2, 0.25) is 0 Å². The number of hydrogen-bond donors (Lipinski definition) is 1. The molecule has 0 aliphatic carbocycles. The van der Waals surface area contributed by atoms with E-state index in [2.05, 4.69) is 15.4 Å². The zero-order valence-electron chi connectivity index (χ0n) is 17.6. The predicted molar refractivity (Wildman–Crippen MR) is 116 cm³/mol. The third kappa shape index (κ3) is 4.49. The molecule has 2 aliphatic heterocycles. The van der Waals surface area contributed by atoms with Crippen molar-refractivity contribution in [1.29, 1.82) is 0 Å². The Hall–Kier alpha value is -3.60. The predicted octanol–water partition coefficient (Wildman–Crippen LogP) is 2.55. The van der Waals surface area contributed by atoms with E-state index in [-0.39, 0.29) is 28.6 Å². The van der Waals surface area contributed by atoms with Gasteiger partial charge in [-0.1, -0.05) is 6.07 Å². The molecule has 2 amide bonds. The van der Waals surface area contributed by atoms with Crippen LogP contribution in [-0.4, -0.2) is 39.7 Å². The average Bonchev–Trinajstić information content (AvgIpc) is 3.27. The number of carbonyl (C=O) groups excluding carboxylic acids is 3. The van der Waals surface area contributed by atoms with Crippen molar-refractivity contribution >= 4 is 34.4 Å². The van der Waals surface area contributed by atoms with Crippen LogP contribution in [-0.2, 0) is 27.3 Å². The maximum absolute atomic E-state index is 13.6. The number of allylic oxidation sites excluding steroid dienone is 1. The number of nitrogens with one attached hydrogen (secondary N) is 1. The minimum absolute atomic E-state index is 0.0139. The molecule has 1 aromatic heterocycles. The van der Waals surface area contributed by atoms with E-state index in [1.54, 1.807) is 25.3 Å². The maximum atomic E-state index is 13.6. The van der Waals surface area contributed by atoms with Gasteiger partial charge in [0.2, 0.25) is 5.88 Å². The van der Waals surface area contributed by atoms with E-state index in [0.717, 1.165) is 34.5 Å². The van der Waals surface area contributed by atoms with Gasteiger partial charge in [0.05, 0.1) is 7.11 Å². The smallest absolute Gasteiger partial charge is 0.279 e. The Balaban J connectivity index is 1.49. The maximum Gasteiger partial charge on any atom is 0.279 e. The van der Waals surface area contributed by atoms with E-state index in [0.29, 0.717) is 11.4 Å². The molecule has 0 fully saturated rings. The highest BCUT2D eigenvalue weighted by molar-refractivity contribution is 8.19. The molecule has 0 radical (unpaired) electrons. The van der Waals surface area contributed by atoms with Crippen LogP contribution >= 0.6 is 11.8 Å². The first-order chi connectivity index (χ1) is 15.8. The molecule has 8 nitrogen and oxygen atoms in total. The van der Waals surface area contributed by atoms with Crippen LogP contribution in [0.4, 0.5) is 8.78 Å². The number of methoxy groups -OCH3 is 1. The second-order valence-electron chi connectivity index (χ2n) is 7.35. The number of carbonyl (C=O) groups is 3. The molecule has 4 rings (SSSR count). The number of ether oxygens (including phenoxy) is 1. The lowest BCUT2D eigenvalue weighted by atomic mass is 9.89. The number of nitrogens with zero attached hydrogens (tertiary/aromatic N) is 3. The van der Waals surface area contributed by atoms with Gasteiger partial charge in [-0.05, 0) is 54.4 Å². The summed E-state index contributed by atoms with van der Waals surface area (Å²) < 4.78 is 31.8. The van der Waals surface area contributed by atoms with E-state index >= 15 is 0 Å². The fourth-order valence-corrected chi connectivity index (χ4v) is 4.35. The minimum atomic E-state index is -1.14. The standard InChI is InChI=1S/C22H18F2N4O4S/c1-11-18(29)14(7-12-3-4-15(23)16(24)8-12)21(31)28-22(11)33-20(27-28)19(30)26-10-13-5-6-25-17(9-13)32-2/h3-6,8-9,14H,7,10H2,1-2H3,(H,26,30). The van der Waals surface area contributed by atoms with Gasteiger partial charge >= 0.3 is 0 Å². The van der Waals surface area contributed by atoms with Gasteiger partial charge in [-0.25, -0.2) is 13.8 Å². The quantitative estimate of drug-likeness (QED) is 0.649. The van der Waals surface area contributed by atoms with E-state index < -0.39 is 35.1 Å². The van der Waals surface area contributed by atoms with Crippen LogP contribution < -0.4 is 10.1 Å². The minimum Gasteiger partial charge on any atom is -0.481 e. The summed E-state index contributed by atoms with van der Waals surface area (Å²) >= 11 is 0.929. The Morgan fingerprint density at radius 1 is 1.18 bits per heavy atom. The normalized spacial score (nSPS) is 17.8. The van der Waals surface area contributed by atoms with E-state index in [9.17, 15) is 23.2 Å². The van der Waals surface area contributed by atoms with Crippen molar-refractivity contribution < 1.29 is 27.9 Å². The molecule has 1 unspecified atom stereocenters. The number of pyridine rings is 1. The average molecular weight is 472 g/mol. The van der Waals surface area contributed by atoms with Crippen molar-refractivity contribution in [3.63, 3.8) is 0 Å². The Kier molecular flexibility index (Phi) is 6.23. The molecule has 1 aromatic carbocycles. The van der Waals surface area contributed by atoms with Gasteiger partial charge < -0.3 is 10.1 Å². The monoisotopic (exact) mass is 472 g/mol. The highest BCUT2D eigenvalue weighted by Crippen LogP contribution is 2.39. The van der Waals surface area contributed by atoms with Crippen molar-refractivity contribution in [3.8, 4) is 5.88 Å². The number of halogens is 2. The third-order valence-corrected chi connectivity index (χ3v) is 6.30. The summed E-state index contributed by atoms with van der Waals surface area (Å²) in [6.45, 7) is 1.73. The second-order valence-corrected chi connectivity index (χ2v) is 8.32. The molecular formula is C22H18F2N4O4S. The molecule has 170 valence electrons. The topological polar surface area (TPSA) is 101 Å². The number of fused-ring (bicyclic) bond motifs is 1.